The summed E-state index contributed by atoms with van der Waals surface area (Å²) >= 11 is 0. The van der Waals surface area contributed by atoms with Crippen molar-refractivity contribution in [1.29, 1.82) is 0 Å². The minimum Gasteiger partial charge on any atom is -0.505 e. The summed E-state index contributed by atoms with van der Waals surface area (Å²) in [6, 6.07) is 0. The van der Waals surface area contributed by atoms with Gasteiger partial charge in [-0.1, -0.05) is 0 Å². The van der Waals surface area contributed by atoms with Gasteiger partial charge in [0, 0.05) is 0 Å². The Balaban J connectivity index is 2.54. The molecule has 1 atom stereocenters. The highest BCUT2D eigenvalue weighted by Gasteiger charge is 2.17. The summed E-state index contributed by atoms with van der Waals surface area (Å²) in [6.07, 6.45) is -0.370. The maximum Gasteiger partial charge on any atom is 0.261 e. The lowest BCUT2D eigenvalue weighted by Gasteiger charge is -1.93. The Hall–Kier alpha value is -0.740. The molecule has 0 aromatic rings. The molecule has 0 amide bonds. The molecule has 0 aromatic carbocycles. The van der Waals surface area contributed by atoms with Crippen molar-refractivity contribution in [3.8, 4) is 0 Å². The van der Waals surface area contributed by atoms with E-state index in [2.05, 4.69) is 9.78 Å². The molecule has 4 nitrogen and oxygen atoms in total. The van der Waals surface area contributed by atoms with E-state index >= 15 is 0 Å². The van der Waals surface area contributed by atoms with Gasteiger partial charge in [-0.05, 0) is 0 Å². The minimum atomic E-state index is -1.29. The lowest BCUT2D eigenvalue weighted by Crippen LogP contribution is -2.06. The van der Waals surface area contributed by atoms with Crippen molar-refractivity contribution in [3.05, 3.63) is 12.0 Å². The van der Waals surface area contributed by atoms with Gasteiger partial charge in [-0.25, -0.2) is 0 Å². The fourth-order valence-electron chi connectivity index (χ4n) is 0.237. The molecule has 0 saturated carbocycles. The Morgan fingerprint density at radius 2 is 2.43 bits per heavy atom. The van der Waals surface area contributed by atoms with Crippen LogP contribution >= 0.6 is 0 Å². The van der Waals surface area contributed by atoms with Crippen LogP contribution in [0.3, 0.4) is 0 Å². The number of aliphatic hydroxyl groups excluding tert-OH is 2. The minimum absolute atomic E-state index is 0.306. The van der Waals surface area contributed by atoms with Crippen LogP contribution in [0.5, 0.6) is 0 Å². The van der Waals surface area contributed by atoms with E-state index in [1.54, 1.807) is 0 Å². The van der Waals surface area contributed by atoms with Gasteiger partial charge in [-0.3, -0.25) is 0 Å². The third-order valence-electron chi connectivity index (χ3n) is 0.569. The van der Waals surface area contributed by atoms with E-state index in [4.69, 9.17) is 10.2 Å². The molecule has 2 N–H and O–H groups in total. The third-order valence-corrected chi connectivity index (χ3v) is 0.569. The fraction of sp³-hybridized carbons (Fsp3) is 0.333. The van der Waals surface area contributed by atoms with Gasteiger partial charge in [-0.15, -0.1) is 4.89 Å². The number of rotatable bonds is 0. The molecule has 0 aromatic heterocycles. The van der Waals surface area contributed by atoms with Crippen LogP contribution in [0.15, 0.2) is 12.0 Å². The van der Waals surface area contributed by atoms with E-state index in [-0.39, 0.29) is 5.76 Å². The van der Waals surface area contributed by atoms with E-state index in [0.29, 0.717) is 0 Å². The second-order valence-corrected chi connectivity index (χ2v) is 1.09. The van der Waals surface area contributed by atoms with Gasteiger partial charge in [0.2, 0.25) is 0 Å². The van der Waals surface area contributed by atoms with Crippen molar-refractivity contribution in [3.63, 3.8) is 0 Å². The molecule has 4 heteroatoms. The maximum atomic E-state index is 8.36. The summed E-state index contributed by atoms with van der Waals surface area (Å²) in [5, 5.41) is 16.7. The molecular weight excluding hydrogens is 100 g/mol. The first-order valence-corrected chi connectivity index (χ1v) is 1.70. The second-order valence-electron chi connectivity index (χ2n) is 1.09. The van der Waals surface area contributed by atoms with Crippen LogP contribution in [0.25, 0.3) is 0 Å². The van der Waals surface area contributed by atoms with Gasteiger partial charge >= 0.3 is 0 Å². The maximum absolute atomic E-state index is 8.36. The molecular formula is C3H4O4. The zero-order chi connectivity index (χ0) is 5.28. The van der Waals surface area contributed by atoms with E-state index in [1.807, 2.05) is 0 Å². The van der Waals surface area contributed by atoms with Crippen molar-refractivity contribution in [2.24, 2.45) is 0 Å². The normalized spacial score (nSPS) is 29.3. The molecule has 1 aliphatic heterocycles. The highest BCUT2D eigenvalue weighted by molar-refractivity contribution is 4.89. The van der Waals surface area contributed by atoms with Gasteiger partial charge in [-0.2, -0.15) is 0 Å². The monoisotopic (exact) mass is 104 g/mol. The molecule has 1 rings (SSSR count). The van der Waals surface area contributed by atoms with Crippen LogP contribution in [0.1, 0.15) is 0 Å². The molecule has 0 bridgehead atoms. The van der Waals surface area contributed by atoms with E-state index in [0.717, 1.165) is 6.26 Å². The van der Waals surface area contributed by atoms with Gasteiger partial charge in [0.25, 0.3) is 6.29 Å². The average molecular weight is 104 g/mol. The van der Waals surface area contributed by atoms with Crippen LogP contribution < -0.4 is 0 Å². The van der Waals surface area contributed by atoms with Crippen LogP contribution in [-0.2, 0) is 9.78 Å². The SMILES string of the molecule is OC1=COOC1O. The fourth-order valence-corrected chi connectivity index (χ4v) is 0.237. The molecule has 0 fully saturated rings. The predicted octanol–water partition coefficient (Wildman–Crippen LogP) is -0.334. The van der Waals surface area contributed by atoms with Crippen molar-refractivity contribution < 1.29 is 20.0 Å². The van der Waals surface area contributed by atoms with E-state index in [9.17, 15) is 0 Å². The summed E-state index contributed by atoms with van der Waals surface area (Å²) in [4.78, 5) is 7.98. The zero-order valence-corrected chi connectivity index (χ0v) is 3.37. The molecule has 0 saturated heterocycles. The first-order valence-electron chi connectivity index (χ1n) is 1.70. The smallest absolute Gasteiger partial charge is 0.261 e. The highest BCUT2D eigenvalue weighted by Crippen LogP contribution is 2.07. The predicted molar refractivity (Wildman–Crippen MR) is 18.9 cm³/mol. The lowest BCUT2D eigenvalue weighted by molar-refractivity contribution is -0.305. The molecule has 7 heavy (non-hydrogen) atoms. The van der Waals surface area contributed by atoms with Crippen LogP contribution in [0.2, 0.25) is 0 Å². The van der Waals surface area contributed by atoms with Crippen LogP contribution in [0, 0.1) is 0 Å². The molecule has 0 spiro atoms. The standard InChI is InChI=1S/C3H4O4/c4-2-1-6-7-3(2)5/h1,3-5H. The summed E-state index contributed by atoms with van der Waals surface area (Å²) < 4.78 is 0. The molecule has 1 unspecified atom stereocenters. The molecule has 40 valence electrons. The third kappa shape index (κ3) is 0.652. The van der Waals surface area contributed by atoms with Gasteiger partial charge in [0.15, 0.2) is 12.0 Å². The van der Waals surface area contributed by atoms with Crippen LogP contribution in [-0.4, -0.2) is 16.5 Å². The topological polar surface area (TPSA) is 58.9 Å². The van der Waals surface area contributed by atoms with E-state index < -0.39 is 6.29 Å². The highest BCUT2D eigenvalue weighted by atomic mass is 17.2. The summed E-state index contributed by atoms with van der Waals surface area (Å²) in [6.45, 7) is 0. The Labute approximate surface area is 39.5 Å². The van der Waals surface area contributed by atoms with Crippen molar-refractivity contribution in [1.82, 2.24) is 0 Å². The first kappa shape index (κ1) is 4.42. The van der Waals surface area contributed by atoms with Gasteiger partial charge in [0.05, 0.1) is 0 Å². The van der Waals surface area contributed by atoms with Gasteiger partial charge in [0.1, 0.15) is 0 Å². The van der Waals surface area contributed by atoms with Crippen molar-refractivity contribution in [2.45, 2.75) is 6.29 Å². The van der Waals surface area contributed by atoms with Crippen LogP contribution in [0.4, 0.5) is 0 Å². The zero-order valence-electron chi connectivity index (χ0n) is 3.37. The summed E-state index contributed by atoms with van der Waals surface area (Å²) in [5.41, 5.74) is 0. The summed E-state index contributed by atoms with van der Waals surface area (Å²) in [5.74, 6) is -0.306. The largest absolute Gasteiger partial charge is 0.505 e. The number of aliphatic hydroxyl groups is 2. The van der Waals surface area contributed by atoms with Gasteiger partial charge < -0.3 is 15.1 Å². The average Bonchev–Trinajstić information content (AvgIpc) is 1.91. The quantitative estimate of drug-likeness (QED) is 0.413. The Kier molecular flexibility index (Phi) is 0.883. The number of hydrogen-bond donors (Lipinski definition) is 2. The molecule has 1 heterocycles. The number of hydrogen-bond acceptors (Lipinski definition) is 4. The Morgan fingerprint density at radius 1 is 1.71 bits per heavy atom. The first-order chi connectivity index (χ1) is 3.30. The Morgan fingerprint density at radius 3 is 2.57 bits per heavy atom. The Bertz CT molecular complexity index is 97.1. The second kappa shape index (κ2) is 1.40. The lowest BCUT2D eigenvalue weighted by atomic mass is 10.6. The molecule has 0 radical (unpaired) electrons. The van der Waals surface area contributed by atoms with Crippen molar-refractivity contribution >= 4 is 0 Å². The molecule has 1 aliphatic rings. The summed E-state index contributed by atoms with van der Waals surface area (Å²) in [7, 11) is 0. The molecule has 0 aliphatic carbocycles. The van der Waals surface area contributed by atoms with Crippen molar-refractivity contribution in [2.75, 3.05) is 0 Å². The van der Waals surface area contributed by atoms with E-state index in [1.165, 1.54) is 0 Å².